The number of anilines is 1. The van der Waals surface area contributed by atoms with E-state index in [0.717, 1.165) is 28.2 Å². The predicted octanol–water partition coefficient (Wildman–Crippen LogP) is 0.307. The molecule has 1 aliphatic rings. The van der Waals surface area contributed by atoms with Crippen molar-refractivity contribution >= 4 is 18.0 Å². The number of hydrogen-bond donors (Lipinski definition) is 3. The van der Waals surface area contributed by atoms with Crippen molar-refractivity contribution in [3.8, 4) is 0 Å². The van der Waals surface area contributed by atoms with E-state index in [9.17, 15) is 0 Å². The summed E-state index contributed by atoms with van der Waals surface area (Å²) in [5.74, 6) is 0.218. The van der Waals surface area contributed by atoms with Gasteiger partial charge < -0.3 is 46.6 Å². The van der Waals surface area contributed by atoms with Gasteiger partial charge in [-0.3, -0.25) is 0 Å². The number of nitrogen functional groups attached to an aromatic ring is 1. The number of nitrogens with zero attached hydrogens (tertiary/aromatic N) is 2. The number of hydrogen-bond acceptors (Lipinski definition) is 7. The molecule has 195 valence electrons. The summed E-state index contributed by atoms with van der Waals surface area (Å²) in [4.78, 5) is 8.00. The number of rotatable bonds is 15. The molecule has 5 N–H and O–H groups in total. The van der Waals surface area contributed by atoms with Crippen molar-refractivity contribution in [1.29, 1.82) is 0 Å². The Morgan fingerprint density at radius 2 is 1.67 bits per heavy atom. The largest absolute Gasteiger partial charge is 1.00 e. The van der Waals surface area contributed by atoms with Crippen LogP contribution in [0.3, 0.4) is 0 Å². The molecule has 36 heavy (non-hydrogen) atoms. The van der Waals surface area contributed by atoms with E-state index < -0.39 is 0 Å². The van der Waals surface area contributed by atoms with Gasteiger partial charge in [0.1, 0.15) is 6.79 Å². The van der Waals surface area contributed by atoms with Gasteiger partial charge in [0.15, 0.2) is 0 Å². The molecule has 0 fully saturated rings. The maximum absolute atomic E-state index is 8.00. The van der Waals surface area contributed by atoms with Gasteiger partial charge in [0.25, 0.3) is 0 Å². The third-order valence-corrected chi connectivity index (χ3v) is 5.32. The summed E-state index contributed by atoms with van der Waals surface area (Å²) in [6.45, 7) is 14.7. The number of nitrogens with one attached hydrogen (secondary N) is 1. The summed E-state index contributed by atoms with van der Waals surface area (Å²) >= 11 is 0. The Hall–Kier alpha value is 0.310. The Kier molecular flexibility index (Phi) is 24.8. The maximum Gasteiger partial charge on any atom is 1.00 e. The number of ether oxygens (including phenoxy) is 3. The van der Waals surface area contributed by atoms with Crippen molar-refractivity contribution in [2.45, 2.75) is 33.7 Å². The second-order valence-electron chi connectivity index (χ2n) is 8.00. The van der Waals surface area contributed by atoms with E-state index in [2.05, 4.69) is 49.1 Å². The Bertz CT molecular complexity index is 798. The smallest absolute Gasteiger partial charge is 0.823 e. The van der Waals surface area contributed by atoms with Gasteiger partial charge in [-0.15, -0.1) is 6.54 Å². The second-order valence-corrected chi connectivity index (χ2v) is 8.00. The van der Waals surface area contributed by atoms with E-state index in [-0.39, 0.29) is 96.1 Å². The zero-order valence-corrected chi connectivity index (χ0v) is 28.5. The number of benzene rings is 1. The van der Waals surface area contributed by atoms with Gasteiger partial charge in [0.05, 0.1) is 33.0 Å². The van der Waals surface area contributed by atoms with Crippen molar-refractivity contribution in [3.05, 3.63) is 57.6 Å². The van der Waals surface area contributed by atoms with E-state index in [1.807, 2.05) is 25.8 Å². The molecule has 2 unspecified atom stereocenters. The summed E-state index contributed by atoms with van der Waals surface area (Å²) < 4.78 is 16.2. The first-order chi connectivity index (χ1) is 16.4. The molecule has 0 spiro atoms. The third-order valence-electron chi connectivity index (χ3n) is 5.32. The van der Waals surface area contributed by atoms with Crippen LogP contribution in [0, 0.1) is 12.8 Å². The summed E-state index contributed by atoms with van der Waals surface area (Å²) in [6.07, 6.45) is 2.23. The van der Waals surface area contributed by atoms with Crippen LogP contribution in [0.2, 0.25) is 0 Å². The Labute approximate surface area is 284 Å². The van der Waals surface area contributed by atoms with E-state index in [1.165, 1.54) is 5.56 Å². The van der Waals surface area contributed by atoms with Crippen molar-refractivity contribution in [3.63, 3.8) is 0 Å². The molecule has 11 heteroatoms. The zero-order chi connectivity index (χ0) is 25.3. The Balaban J connectivity index is 0. The van der Waals surface area contributed by atoms with Gasteiger partial charge in [-0.05, 0) is 50.1 Å². The average molecular weight is 604 g/mol. The van der Waals surface area contributed by atoms with Gasteiger partial charge in [-0.25, -0.2) is 0 Å². The van der Waals surface area contributed by atoms with Crippen LogP contribution in [0.5, 0.6) is 0 Å². The van der Waals surface area contributed by atoms with Crippen LogP contribution in [0.15, 0.2) is 35.7 Å². The summed E-state index contributed by atoms with van der Waals surface area (Å²) in [5, 5.41) is 3.53. The molecule has 2 atom stereocenters. The van der Waals surface area contributed by atoms with Gasteiger partial charge >= 0.3 is 51.4 Å². The molecule has 2 rings (SSSR count). The van der Waals surface area contributed by atoms with Crippen LogP contribution >= 0.6 is 0 Å². The van der Waals surface area contributed by atoms with Crippen molar-refractivity contribution in [1.82, 2.24) is 5.32 Å². The van der Waals surface area contributed by atoms with Crippen LogP contribution in [-0.2, 0) is 51.7 Å². The Morgan fingerprint density at radius 3 is 2.28 bits per heavy atom. The molecule has 0 aliphatic carbocycles. The van der Waals surface area contributed by atoms with Crippen LogP contribution in [-0.4, -0.2) is 65.6 Å². The minimum atomic E-state index is 0. The van der Waals surface area contributed by atoms with Crippen molar-refractivity contribution < 1.29 is 103 Å². The predicted molar refractivity (Wildman–Crippen MR) is 138 cm³/mol. The molecule has 1 aromatic rings. The topological polar surface area (TPSA) is 137 Å². The summed E-state index contributed by atoms with van der Waals surface area (Å²) in [7, 11) is 0. The maximum atomic E-state index is 8.00. The SMILES string of the molecule is C=O.CC1=C([N-][N-]CCOCCOCCOCCN)C(C)C(/C=C(\C)c2cc(C)ccc2N)N1.[K+].[Y]. The molecular formula is C25H41KN5O4Y-. The molecule has 9 nitrogen and oxygen atoms in total. The monoisotopic (exact) mass is 603 g/mol. The van der Waals surface area contributed by atoms with Gasteiger partial charge in [-0.1, -0.05) is 24.6 Å². The number of carbonyl (C=O) groups is 1. The molecule has 1 radical (unpaired) electrons. The minimum absolute atomic E-state index is 0. The fraction of sp³-hybridized carbons (Fsp3) is 0.560. The van der Waals surface area contributed by atoms with Crippen molar-refractivity contribution in [2.24, 2.45) is 11.7 Å². The molecule has 0 amide bonds. The first kappa shape index (κ1) is 38.5. The van der Waals surface area contributed by atoms with Gasteiger partial charge in [0.2, 0.25) is 0 Å². The molecule has 0 saturated heterocycles. The van der Waals surface area contributed by atoms with Crippen LogP contribution in [0.1, 0.15) is 31.9 Å². The molecule has 0 aromatic heterocycles. The fourth-order valence-corrected chi connectivity index (χ4v) is 3.54. The quantitative estimate of drug-likeness (QED) is 0.114. The third kappa shape index (κ3) is 14.5. The number of allylic oxidation sites excluding steroid dienone is 2. The van der Waals surface area contributed by atoms with Gasteiger partial charge in [-0.2, -0.15) is 5.70 Å². The number of carbonyl (C=O) groups excluding carboxylic acids is 1. The molecule has 1 heterocycles. The van der Waals surface area contributed by atoms with Gasteiger partial charge in [0, 0.05) is 63.2 Å². The minimum Gasteiger partial charge on any atom is -0.823 e. The standard InChI is InChI=1S/C24H39N5O3.CH2O.K.Y/c1-17-5-6-22(26)21(15-17)18(2)16-23-19(3)24(20(4)28-23)29-27-8-10-31-12-14-32-13-11-30-9-7-25;1-2;;/h5-6,15-16,19,23,28H,7-14,25-26H2,1-4H3;1H2;;/q-2;;+1;/b18-16+;;;. The first-order valence-corrected chi connectivity index (χ1v) is 11.6. The average Bonchev–Trinajstić information content (AvgIpc) is 3.09. The van der Waals surface area contributed by atoms with Crippen LogP contribution in [0.4, 0.5) is 5.69 Å². The number of nitrogens with two attached hydrogens (primary N) is 2. The van der Waals surface area contributed by atoms with E-state index in [1.54, 1.807) is 0 Å². The fourth-order valence-electron chi connectivity index (χ4n) is 3.54. The number of aryl methyl sites for hydroxylation is 1. The Morgan fingerprint density at radius 1 is 1.08 bits per heavy atom. The van der Waals surface area contributed by atoms with Crippen molar-refractivity contribution in [2.75, 3.05) is 58.5 Å². The second kappa shape index (κ2) is 23.2. The van der Waals surface area contributed by atoms with Crippen LogP contribution < -0.4 is 68.2 Å². The van der Waals surface area contributed by atoms with E-state index in [0.29, 0.717) is 52.7 Å². The van der Waals surface area contributed by atoms with E-state index >= 15 is 0 Å². The normalized spacial score (nSPS) is 16.9. The van der Waals surface area contributed by atoms with Crippen LogP contribution in [0.25, 0.3) is 16.4 Å². The summed E-state index contributed by atoms with van der Waals surface area (Å²) in [6, 6.07) is 6.28. The first-order valence-electron chi connectivity index (χ1n) is 11.6. The molecule has 1 aromatic carbocycles. The zero-order valence-electron chi connectivity index (χ0n) is 22.6. The molecule has 1 aliphatic heterocycles. The molecule has 0 saturated carbocycles. The summed E-state index contributed by atoms with van der Waals surface area (Å²) in [5.41, 5.74) is 26.6. The van der Waals surface area contributed by atoms with E-state index in [4.69, 9.17) is 30.5 Å². The molecular weight excluding hydrogens is 562 g/mol. The molecule has 0 bridgehead atoms.